The van der Waals surface area contributed by atoms with E-state index in [1.54, 1.807) is 0 Å². The second kappa shape index (κ2) is 16.6. The molecule has 0 aliphatic carbocycles. The number of urea groups is 2. The number of benzene rings is 2. The SMILES string of the molecule is O=C(NCCCCCCCCCCCCNC(=O)Nc1ccccc1)Nc1ccccc1. The van der Waals surface area contributed by atoms with Gasteiger partial charge >= 0.3 is 12.1 Å². The van der Waals surface area contributed by atoms with Crippen LogP contribution < -0.4 is 21.3 Å². The molecule has 2 aromatic rings. The van der Waals surface area contributed by atoms with Crippen LogP contribution in [0.4, 0.5) is 21.0 Å². The molecule has 4 N–H and O–H groups in total. The zero-order valence-electron chi connectivity index (χ0n) is 19.1. The minimum absolute atomic E-state index is 0.136. The standard InChI is InChI=1S/C26H38N4O2/c31-25(29-23-17-11-9-12-18-23)27-21-15-7-5-3-1-2-4-6-8-16-22-28-26(32)30-24-19-13-10-14-20-24/h9-14,17-20H,1-8,15-16,21-22H2,(H2,27,29,31)(H2,28,30,32). The van der Waals surface area contributed by atoms with Crippen molar-refractivity contribution in [1.29, 1.82) is 0 Å². The van der Waals surface area contributed by atoms with Crippen LogP contribution in [0.2, 0.25) is 0 Å². The number of hydrogen-bond acceptors (Lipinski definition) is 2. The maximum Gasteiger partial charge on any atom is 0.319 e. The molecule has 32 heavy (non-hydrogen) atoms. The van der Waals surface area contributed by atoms with E-state index in [-0.39, 0.29) is 12.1 Å². The van der Waals surface area contributed by atoms with Crippen LogP contribution in [0.5, 0.6) is 0 Å². The number of anilines is 2. The Labute approximate surface area is 192 Å². The van der Waals surface area contributed by atoms with Crippen LogP contribution >= 0.6 is 0 Å². The summed E-state index contributed by atoms with van der Waals surface area (Å²) >= 11 is 0. The van der Waals surface area contributed by atoms with E-state index < -0.39 is 0 Å². The summed E-state index contributed by atoms with van der Waals surface area (Å²) in [5.41, 5.74) is 1.63. The lowest BCUT2D eigenvalue weighted by molar-refractivity contribution is 0.251. The Balaban J connectivity index is 1.30. The maximum atomic E-state index is 11.8. The molecular formula is C26H38N4O2. The Morgan fingerprint density at radius 3 is 1.12 bits per heavy atom. The Hall–Kier alpha value is -3.02. The largest absolute Gasteiger partial charge is 0.338 e. The van der Waals surface area contributed by atoms with Crippen molar-refractivity contribution < 1.29 is 9.59 Å². The average Bonchev–Trinajstić information content (AvgIpc) is 2.80. The van der Waals surface area contributed by atoms with Gasteiger partial charge in [-0.1, -0.05) is 87.8 Å². The van der Waals surface area contributed by atoms with Crippen molar-refractivity contribution in [2.75, 3.05) is 23.7 Å². The molecule has 6 nitrogen and oxygen atoms in total. The molecule has 0 spiro atoms. The van der Waals surface area contributed by atoms with Crippen molar-refractivity contribution in [2.24, 2.45) is 0 Å². The minimum atomic E-state index is -0.136. The van der Waals surface area contributed by atoms with Crippen LogP contribution in [0.1, 0.15) is 64.2 Å². The van der Waals surface area contributed by atoms with Crippen molar-refractivity contribution in [1.82, 2.24) is 10.6 Å². The van der Waals surface area contributed by atoms with Crippen LogP contribution in [0.15, 0.2) is 60.7 Å². The quantitative estimate of drug-likeness (QED) is 0.238. The van der Waals surface area contributed by atoms with Gasteiger partial charge in [-0.15, -0.1) is 0 Å². The normalized spacial score (nSPS) is 10.4. The molecule has 0 saturated carbocycles. The smallest absolute Gasteiger partial charge is 0.319 e. The molecule has 2 rings (SSSR count). The monoisotopic (exact) mass is 438 g/mol. The lowest BCUT2D eigenvalue weighted by Crippen LogP contribution is -2.29. The zero-order valence-corrected chi connectivity index (χ0v) is 19.1. The molecule has 4 amide bonds. The number of carbonyl (C=O) groups is 2. The third-order valence-corrected chi connectivity index (χ3v) is 5.24. The lowest BCUT2D eigenvalue weighted by atomic mass is 10.1. The summed E-state index contributed by atoms with van der Waals surface area (Å²) in [6.07, 6.45) is 11.9. The van der Waals surface area contributed by atoms with Crippen LogP contribution in [-0.4, -0.2) is 25.2 Å². The molecule has 0 aliphatic rings. The number of carbonyl (C=O) groups excluding carboxylic acids is 2. The minimum Gasteiger partial charge on any atom is -0.338 e. The summed E-state index contributed by atoms with van der Waals surface area (Å²) < 4.78 is 0. The van der Waals surface area contributed by atoms with Crippen LogP contribution in [-0.2, 0) is 0 Å². The van der Waals surface area contributed by atoms with Gasteiger partial charge in [0, 0.05) is 24.5 Å². The number of amides is 4. The highest BCUT2D eigenvalue weighted by Gasteiger charge is 2.01. The van der Waals surface area contributed by atoms with Gasteiger partial charge in [0.2, 0.25) is 0 Å². The van der Waals surface area contributed by atoms with E-state index in [1.807, 2.05) is 60.7 Å². The van der Waals surface area contributed by atoms with Gasteiger partial charge < -0.3 is 21.3 Å². The molecule has 0 unspecified atom stereocenters. The fourth-order valence-electron chi connectivity index (χ4n) is 3.46. The molecular weight excluding hydrogens is 400 g/mol. The molecule has 0 bridgehead atoms. The molecule has 0 aromatic heterocycles. The van der Waals surface area contributed by atoms with Crippen molar-refractivity contribution in [3.05, 3.63) is 60.7 Å². The Bertz CT molecular complexity index is 687. The summed E-state index contributed by atoms with van der Waals surface area (Å²) in [4.78, 5) is 23.6. The summed E-state index contributed by atoms with van der Waals surface area (Å²) in [6.45, 7) is 1.44. The second-order valence-corrected chi connectivity index (χ2v) is 8.03. The first-order valence-corrected chi connectivity index (χ1v) is 11.9. The van der Waals surface area contributed by atoms with Crippen molar-refractivity contribution >= 4 is 23.4 Å². The molecule has 174 valence electrons. The first kappa shape index (κ1) is 25.2. The number of para-hydroxylation sites is 2. The highest BCUT2D eigenvalue weighted by molar-refractivity contribution is 5.89. The first-order valence-electron chi connectivity index (χ1n) is 11.9. The van der Waals surface area contributed by atoms with Gasteiger partial charge in [-0.25, -0.2) is 9.59 Å². The summed E-state index contributed by atoms with van der Waals surface area (Å²) in [5.74, 6) is 0. The molecule has 6 heteroatoms. The number of hydrogen-bond donors (Lipinski definition) is 4. The first-order chi connectivity index (χ1) is 15.7. The van der Waals surface area contributed by atoms with Gasteiger partial charge in [-0.05, 0) is 37.1 Å². The second-order valence-electron chi connectivity index (χ2n) is 8.03. The topological polar surface area (TPSA) is 82.3 Å². The molecule has 0 heterocycles. The van der Waals surface area contributed by atoms with Gasteiger partial charge in [0.25, 0.3) is 0 Å². The van der Waals surface area contributed by atoms with Gasteiger partial charge in [-0.3, -0.25) is 0 Å². The van der Waals surface area contributed by atoms with E-state index >= 15 is 0 Å². The predicted molar refractivity (Wildman–Crippen MR) is 133 cm³/mol. The summed E-state index contributed by atoms with van der Waals surface area (Å²) in [5, 5.41) is 11.5. The van der Waals surface area contributed by atoms with E-state index in [0.717, 1.165) is 50.1 Å². The van der Waals surface area contributed by atoms with Gasteiger partial charge in [-0.2, -0.15) is 0 Å². The molecule has 0 aliphatic heterocycles. The Kier molecular flexibility index (Phi) is 13.1. The third-order valence-electron chi connectivity index (χ3n) is 5.24. The molecule has 0 atom stereocenters. The fraction of sp³-hybridized carbons (Fsp3) is 0.462. The Morgan fingerprint density at radius 2 is 0.781 bits per heavy atom. The van der Waals surface area contributed by atoms with Crippen molar-refractivity contribution in [2.45, 2.75) is 64.2 Å². The average molecular weight is 439 g/mol. The number of unbranched alkanes of at least 4 members (excludes halogenated alkanes) is 9. The third kappa shape index (κ3) is 12.6. The highest BCUT2D eigenvalue weighted by Crippen LogP contribution is 2.10. The van der Waals surface area contributed by atoms with Crippen LogP contribution in [0.3, 0.4) is 0 Å². The maximum absolute atomic E-state index is 11.8. The van der Waals surface area contributed by atoms with Gasteiger partial charge in [0.05, 0.1) is 0 Å². The number of rotatable bonds is 15. The predicted octanol–water partition coefficient (Wildman–Crippen LogP) is 6.53. The van der Waals surface area contributed by atoms with Crippen molar-refractivity contribution in [3.63, 3.8) is 0 Å². The van der Waals surface area contributed by atoms with Gasteiger partial charge in [0.1, 0.15) is 0 Å². The Morgan fingerprint density at radius 1 is 0.469 bits per heavy atom. The number of nitrogens with one attached hydrogen (secondary N) is 4. The van der Waals surface area contributed by atoms with E-state index in [4.69, 9.17) is 0 Å². The summed E-state index contributed by atoms with van der Waals surface area (Å²) in [6, 6.07) is 18.7. The highest BCUT2D eigenvalue weighted by atomic mass is 16.2. The van der Waals surface area contributed by atoms with E-state index in [2.05, 4.69) is 21.3 Å². The molecule has 0 radical (unpaired) electrons. The van der Waals surface area contributed by atoms with Crippen LogP contribution in [0.25, 0.3) is 0 Å². The van der Waals surface area contributed by atoms with Crippen LogP contribution in [0, 0.1) is 0 Å². The van der Waals surface area contributed by atoms with E-state index in [1.165, 1.54) is 38.5 Å². The summed E-state index contributed by atoms with van der Waals surface area (Å²) in [7, 11) is 0. The fourth-order valence-corrected chi connectivity index (χ4v) is 3.46. The lowest BCUT2D eigenvalue weighted by Gasteiger charge is -2.08. The molecule has 0 saturated heterocycles. The van der Waals surface area contributed by atoms with Gasteiger partial charge in [0.15, 0.2) is 0 Å². The van der Waals surface area contributed by atoms with E-state index in [9.17, 15) is 9.59 Å². The molecule has 2 aromatic carbocycles. The molecule has 0 fully saturated rings. The van der Waals surface area contributed by atoms with E-state index in [0.29, 0.717) is 0 Å². The van der Waals surface area contributed by atoms with Crippen molar-refractivity contribution in [3.8, 4) is 0 Å². The zero-order chi connectivity index (χ0) is 22.7.